The number of phenolic OH excluding ortho intramolecular Hbond substituents is 2. The highest BCUT2D eigenvalue weighted by molar-refractivity contribution is 7.99. The Labute approximate surface area is 223 Å². The van der Waals surface area contributed by atoms with Gasteiger partial charge in [0, 0.05) is 16.1 Å². The number of rotatable bonds is 16. The Kier molecular flexibility index (Phi) is 12.0. The number of alkyl halides is 1. The lowest BCUT2D eigenvalue weighted by Gasteiger charge is -2.43. The van der Waals surface area contributed by atoms with E-state index in [2.05, 4.69) is 32.0 Å². The standard InChI is InChI=1S/C32H47FO2S/c1-25(14-10-8-12-22-33)13-9-6-4-3-5-7-11-15-30-29-21-20-28(35)23-31(29)36-24-32(30,2)26-16-18-27(34)19-17-26/h16-21,23,25,30,34-35H,3-15,22,24H2,1-2H3/t25?,30-,32-/m1/s1. The Morgan fingerprint density at radius 2 is 1.42 bits per heavy atom. The highest BCUT2D eigenvalue weighted by Crippen LogP contribution is 2.52. The fourth-order valence-corrected chi connectivity index (χ4v) is 7.25. The number of aromatic hydroxyl groups is 2. The van der Waals surface area contributed by atoms with Crippen LogP contribution in [0.25, 0.3) is 0 Å². The molecule has 3 atom stereocenters. The summed E-state index contributed by atoms with van der Waals surface area (Å²) in [7, 11) is 0. The fourth-order valence-electron chi connectivity index (χ4n) is 5.84. The van der Waals surface area contributed by atoms with Gasteiger partial charge in [0.15, 0.2) is 0 Å². The van der Waals surface area contributed by atoms with Gasteiger partial charge in [-0.1, -0.05) is 103 Å². The van der Waals surface area contributed by atoms with Crippen molar-refractivity contribution in [2.24, 2.45) is 5.92 Å². The van der Waals surface area contributed by atoms with E-state index in [-0.39, 0.29) is 12.1 Å². The Hall–Kier alpha value is -1.68. The third-order valence-corrected chi connectivity index (χ3v) is 9.62. The highest BCUT2D eigenvalue weighted by atomic mass is 32.2. The van der Waals surface area contributed by atoms with Gasteiger partial charge in [-0.15, -0.1) is 11.8 Å². The van der Waals surface area contributed by atoms with E-state index < -0.39 is 0 Å². The van der Waals surface area contributed by atoms with E-state index in [1.165, 1.54) is 80.2 Å². The highest BCUT2D eigenvalue weighted by Gasteiger charge is 2.41. The smallest absolute Gasteiger partial charge is 0.116 e. The quantitative estimate of drug-likeness (QED) is 0.219. The molecule has 1 heterocycles. The van der Waals surface area contributed by atoms with Gasteiger partial charge in [0.1, 0.15) is 11.5 Å². The van der Waals surface area contributed by atoms with Gasteiger partial charge < -0.3 is 10.2 Å². The predicted octanol–water partition coefficient (Wildman–Crippen LogP) is 9.92. The van der Waals surface area contributed by atoms with Crippen LogP contribution in [0.3, 0.4) is 0 Å². The second kappa shape index (κ2) is 14.9. The Morgan fingerprint density at radius 1 is 0.833 bits per heavy atom. The van der Waals surface area contributed by atoms with E-state index in [0.29, 0.717) is 17.4 Å². The molecule has 0 amide bonds. The molecule has 1 unspecified atom stereocenters. The van der Waals surface area contributed by atoms with Crippen LogP contribution in [0.2, 0.25) is 0 Å². The largest absolute Gasteiger partial charge is 0.508 e. The number of unbranched alkanes of at least 4 members (excludes halogenated alkanes) is 8. The third-order valence-electron chi connectivity index (χ3n) is 8.22. The van der Waals surface area contributed by atoms with Crippen molar-refractivity contribution in [3.8, 4) is 11.5 Å². The first-order chi connectivity index (χ1) is 17.4. The van der Waals surface area contributed by atoms with Crippen LogP contribution < -0.4 is 0 Å². The van der Waals surface area contributed by atoms with Gasteiger partial charge >= 0.3 is 0 Å². The summed E-state index contributed by atoms with van der Waals surface area (Å²) in [6, 6.07) is 13.7. The lowest BCUT2D eigenvalue weighted by molar-refractivity contribution is 0.370. The van der Waals surface area contributed by atoms with Crippen molar-refractivity contribution in [1.29, 1.82) is 0 Å². The summed E-state index contributed by atoms with van der Waals surface area (Å²) in [6.45, 7) is 4.56. The fraction of sp³-hybridized carbons (Fsp3) is 0.625. The zero-order chi connectivity index (χ0) is 25.8. The van der Waals surface area contributed by atoms with Crippen molar-refractivity contribution in [2.45, 2.75) is 114 Å². The summed E-state index contributed by atoms with van der Waals surface area (Å²) < 4.78 is 12.2. The van der Waals surface area contributed by atoms with E-state index in [4.69, 9.17) is 0 Å². The normalized spacial score (nSPS) is 20.2. The molecule has 0 aromatic heterocycles. The molecule has 2 aromatic carbocycles. The number of halogens is 1. The summed E-state index contributed by atoms with van der Waals surface area (Å²) in [6.07, 6.45) is 15.8. The predicted molar refractivity (Wildman–Crippen MR) is 152 cm³/mol. The molecule has 3 rings (SSSR count). The van der Waals surface area contributed by atoms with Crippen molar-refractivity contribution < 1.29 is 14.6 Å². The first kappa shape index (κ1) is 28.9. The van der Waals surface area contributed by atoms with Gasteiger partial charge in [0.2, 0.25) is 0 Å². The average molecular weight is 515 g/mol. The van der Waals surface area contributed by atoms with E-state index in [9.17, 15) is 14.6 Å². The van der Waals surface area contributed by atoms with Crippen LogP contribution in [0.5, 0.6) is 11.5 Å². The van der Waals surface area contributed by atoms with Crippen LogP contribution in [0.1, 0.15) is 114 Å². The second-order valence-corrected chi connectivity index (χ2v) is 12.2. The Balaban J connectivity index is 1.43. The molecule has 2 nitrogen and oxygen atoms in total. The molecule has 0 radical (unpaired) electrons. The zero-order valence-corrected chi connectivity index (χ0v) is 23.3. The Morgan fingerprint density at radius 3 is 2.08 bits per heavy atom. The van der Waals surface area contributed by atoms with Crippen LogP contribution in [0.4, 0.5) is 4.39 Å². The Bertz CT molecular complexity index is 900. The molecule has 36 heavy (non-hydrogen) atoms. The summed E-state index contributed by atoms with van der Waals surface area (Å²) in [5, 5.41) is 19.8. The summed E-state index contributed by atoms with van der Waals surface area (Å²) in [4.78, 5) is 1.22. The van der Waals surface area contributed by atoms with Gasteiger partial charge in [-0.3, -0.25) is 4.39 Å². The van der Waals surface area contributed by atoms with Gasteiger partial charge in [0.05, 0.1) is 6.67 Å². The zero-order valence-electron chi connectivity index (χ0n) is 22.5. The molecule has 200 valence electrons. The molecule has 1 aliphatic rings. The van der Waals surface area contributed by atoms with Crippen LogP contribution >= 0.6 is 11.8 Å². The lowest BCUT2D eigenvalue weighted by Crippen LogP contribution is -2.36. The SMILES string of the molecule is CC(CCCCCF)CCCCCCCCC[C@@H]1c2ccc(O)cc2SC[C@]1(C)c1ccc(O)cc1. The minimum absolute atomic E-state index is 0.00487. The molecule has 0 saturated heterocycles. The molecule has 4 heteroatoms. The number of thioether (sulfide) groups is 1. The number of benzene rings is 2. The van der Waals surface area contributed by atoms with Crippen LogP contribution in [0.15, 0.2) is 47.4 Å². The van der Waals surface area contributed by atoms with Crippen molar-refractivity contribution in [2.75, 3.05) is 12.4 Å². The molecular formula is C32H47FO2S. The van der Waals surface area contributed by atoms with Crippen LogP contribution in [-0.2, 0) is 5.41 Å². The van der Waals surface area contributed by atoms with Gasteiger partial charge in [-0.25, -0.2) is 0 Å². The van der Waals surface area contributed by atoms with Crippen LogP contribution in [-0.4, -0.2) is 22.6 Å². The number of hydrogen-bond acceptors (Lipinski definition) is 3. The van der Waals surface area contributed by atoms with Gasteiger partial charge in [-0.05, 0) is 60.1 Å². The number of hydrogen-bond donors (Lipinski definition) is 2. The monoisotopic (exact) mass is 514 g/mol. The first-order valence-electron chi connectivity index (χ1n) is 14.2. The maximum Gasteiger partial charge on any atom is 0.116 e. The molecule has 2 N–H and O–H groups in total. The van der Waals surface area contributed by atoms with Crippen molar-refractivity contribution >= 4 is 11.8 Å². The maximum absolute atomic E-state index is 12.2. The first-order valence-corrected chi connectivity index (χ1v) is 15.2. The van der Waals surface area contributed by atoms with E-state index in [1.807, 2.05) is 36.0 Å². The maximum atomic E-state index is 12.2. The summed E-state index contributed by atoms with van der Waals surface area (Å²) in [5.74, 6) is 2.83. The summed E-state index contributed by atoms with van der Waals surface area (Å²) >= 11 is 1.84. The lowest BCUT2D eigenvalue weighted by atomic mass is 9.68. The van der Waals surface area contributed by atoms with Crippen molar-refractivity contribution in [3.63, 3.8) is 0 Å². The van der Waals surface area contributed by atoms with Gasteiger partial charge in [-0.2, -0.15) is 0 Å². The molecule has 1 aliphatic heterocycles. The molecule has 0 fully saturated rings. The third kappa shape index (κ3) is 8.43. The van der Waals surface area contributed by atoms with Gasteiger partial charge in [0.25, 0.3) is 0 Å². The minimum atomic E-state index is -0.163. The van der Waals surface area contributed by atoms with Crippen molar-refractivity contribution in [3.05, 3.63) is 53.6 Å². The second-order valence-electron chi connectivity index (χ2n) is 11.2. The number of fused-ring (bicyclic) bond motifs is 1. The molecule has 0 spiro atoms. The van der Waals surface area contributed by atoms with Crippen LogP contribution in [0, 0.1) is 5.92 Å². The number of phenols is 2. The molecule has 2 aromatic rings. The minimum Gasteiger partial charge on any atom is -0.508 e. The molecule has 0 saturated carbocycles. The molecular weight excluding hydrogens is 467 g/mol. The van der Waals surface area contributed by atoms with E-state index >= 15 is 0 Å². The van der Waals surface area contributed by atoms with Crippen molar-refractivity contribution in [1.82, 2.24) is 0 Å². The molecule has 0 bridgehead atoms. The average Bonchev–Trinajstić information content (AvgIpc) is 2.87. The van der Waals surface area contributed by atoms with E-state index in [1.54, 1.807) is 0 Å². The topological polar surface area (TPSA) is 40.5 Å². The molecule has 0 aliphatic carbocycles. The van der Waals surface area contributed by atoms with E-state index in [0.717, 1.165) is 30.9 Å². The summed E-state index contributed by atoms with van der Waals surface area (Å²) in [5.41, 5.74) is 2.65.